The van der Waals surface area contributed by atoms with Gasteiger partial charge in [-0.25, -0.2) is 9.97 Å². The van der Waals surface area contributed by atoms with E-state index in [4.69, 9.17) is 9.47 Å². The van der Waals surface area contributed by atoms with E-state index in [1.54, 1.807) is 20.5 Å². The third kappa shape index (κ3) is 4.94. The molecule has 4 rings (SSSR count). The maximum absolute atomic E-state index is 12.9. The van der Waals surface area contributed by atoms with Gasteiger partial charge in [0.1, 0.15) is 23.6 Å². The number of methoxy groups -OCH3 is 2. The van der Waals surface area contributed by atoms with Crippen LogP contribution in [0.5, 0.6) is 11.5 Å². The Morgan fingerprint density at radius 3 is 2.61 bits per heavy atom. The zero-order valence-electron chi connectivity index (χ0n) is 17.7. The first-order chi connectivity index (χ1) is 15.2. The minimum atomic E-state index is -0.112. The van der Waals surface area contributed by atoms with Crippen molar-refractivity contribution in [3.8, 4) is 22.8 Å². The Balaban J connectivity index is 1.46. The fourth-order valence-electron chi connectivity index (χ4n) is 3.78. The molecule has 0 saturated carbocycles. The second kappa shape index (κ2) is 9.47. The SMILES string of the molecule is COc1ccc(-c2cc(N3CCCC(C(=O)Nc4cccc(OC)c4)C3)ncn2)cc1. The van der Waals surface area contributed by atoms with E-state index in [-0.39, 0.29) is 11.8 Å². The quantitative estimate of drug-likeness (QED) is 0.652. The zero-order chi connectivity index (χ0) is 21.6. The third-order valence-electron chi connectivity index (χ3n) is 5.49. The van der Waals surface area contributed by atoms with Crippen molar-refractivity contribution in [2.45, 2.75) is 12.8 Å². The molecule has 2 heterocycles. The number of carbonyl (C=O) groups is 1. The van der Waals surface area contributed by atoms with Gasteiger partial charge in [0.05, 0.1) is 25.8 Å². The molecule has 1 N–H and O–H groups in total. The summed E-state index contributed by atoms with van der Waals surface area (Å²) in [7, 11) is 3.26. The number of anilines is 2. The molecule has 1 aliphatic rings. The lowest BCUT2D eigenvalue weighted by atomic mass is 9.97. The summed E-state index contributed by atoms with van der Waals surface area (Å²) >= 11 is 0. The molecule has 7 heteroatoms. The fraction of sp³-hybridized carbons (Fsp3) is 0.292. The molecule has 1 aromatic heterocycles. The first kappa shape index (κ1) is 20.7. The smallest absolute Gasteiger partial charge is 0.229 e. The maximum Gasteiger partial charge on any atom is 0.229 e. The Bertz CT molecular complexity index is 1040. The van der Waals surface area contributed by atoms with Gasteiger partial charge < -0.3 is 19.7 Å². The molecule has 160 valence electrons. The number of piperidine rings is 1. The van der Waals surface area contributed by atoms with Crippen LogP contribution in [0.2, 0.25) is 0 Å². The largest absolute Gasteiger partial charge is 0.497 e. The summed E-state index contributed by atoms with van der Waals surface area (Å²) < 4.78 is 10.5. The Kier molecular flexibility index (Phi) is 6.31. The van der Waals surface area contributed by atoms with Crippen LogP contribution in [0.25, 0.3) is 11.3 Å². The summed E-state index contributed by atoms with van der Waals surface area (Å²) in [5.41, 5.74) is 2.58. The van der Waals surface area contributed by atoms with Crippen LogP contribution in [0, 0.1) is 5.92 Å². The number of nitrogens with zero attached hydrogens (tertiary/aromatic N) is 3. The summed E-state index contributed by atoms with van der Waals surface area (Å²) in [6.45, 7) is 1.48. The molecule has 31 heavy (non-hydrogen) atoms. The van der Waals surface area contributed by atoms with Gasteiger partial charge in [0.15, 0.2) is 0 Å². The van der Waals surface area contributed by atoms with Gasteiger partial charge in [-0.3, -0.25) is 4.79 Å². The first-order valence-electron chi connectivity index (χ1n) is 10.3. The minimum Gasteiger partial charge on any atom is -0.497 e. The van der Waals surface area contributed by atoms with E-state index in [0.717, 1.165) is 53.6 Å². The molecule has 0 radical (unpaired) electrons. The number of hydrogen-bond donors (Lipinski definition) is 1. The summed E-state index contributed by atoms with van der Waals surface area (Å²) in [4.78, 5) is 23.9. The minimum absolute atomic E-state index is 0.0161. The molecule has 1 unspecified atom stereocenters. The summed E-state index contributed by atoms with van der Waals surface area (Å²) in [6.07, 6.45) is 3.36. The van der Waals surface area contributed by atoms with Gasteiger partial charge in [0.25, 0.3) is 0 Å². The van der Waals surface area contributed by atoms with Crippen molar-refractivity contribution in [2.75, 3.05) is 37.5 Å². The second-order valence-electron chi connectivity index (χ2n) is 7.50. The maximum atomic E-state index is 12.9. The van der Waals surface area contributed by atoms with Crippen molar-refractivity contribution in [1.29, 1.82) is 0 Å². The Labute approximate surface area is 182 Å². The van der Waals surface area contributed by atoms with Gasteiger partial charge in [-0.1, -0.05) is 6.07 Å². The van der Waals surface area contributed by atoms with Crippen LogP contribution in [0.1, 0.15) is 12.8 Å². The van der Waals surface area contributed by atoms with Gasteiger partial charge in [0.2, 0.25) is 5.91 Å². The molecule has 1 saturated heterocycles. The predicted octanol–water partition coefficient (Wildman–Crippen LogP) is 4.02. The van der Waals surface area contributed by atoms with Crippen LogP contribution >= 0.6 is 0 Å². The number of ether oxygens (including phenoxy) is 2. The lowest BCUT2D eigenvalue weighted by Crippen LogP contribution is -2.41. The molecule has 0 aliphatic carbocycles. The number of hydrogen-bond acceptors (Lipinski definition) is 6. The van der Waals surface area contributed by atoms with Gasteiger partial charge in [-0.05, 0) is 49.2 Å². The van der Waals surface area contributed by atoms with Crippen molar-refractivity contribution in [1.82, 2.24) is 9.97 Å². The lowest BCUT2D eigenvalue weighted by molar-refractivity contribution is -0.120. The molecule has 1 aliphatic heterocycles. The van der Waals surface area contributed by atoms with E-state index < -0.39 is 0 Å². The number of carbonyl (C=O) groups excluding carboxylic acids is 1. The highest BCUT2D eigenvalue weighted by Crippen LogP contribution is 2.27. The molecule has 1 atom stereocenters. The summed E-state index contributed by atoms with van der Waals surface area (Å²) in [5.74, 6) is 2.26. The van der Waals surface area contributed by atoms with Gasteiger partial charge in [0, 0.05) is 36.5 Å². The van der Waals surface area contributed by atoms with Crippen molar-refractivity contribution >= 4 is 17.4 Å². The molecule has 2 aromatic carbocycles. The van der Waals surface area contributed by atoms with Crippen LogP contribution in [-0.4, -0.2) is 43.2 Å². The van der Waals surface area contributed by atoms with Crippen LogP contribution in [0.3, 0.4) is 0 Å². The first-order valence-corrected chi connectivity index (χ1v) is 10.3. The van der Waals surface area contributed by atoms with Crippen molar-refractivity contribution in [2.24, 2.45) is 5.92 Å². The normalized spacial score (nSPS) is 15.9. The standard InChI is InChI=1S/C24H26N4O3/c1-30-20-10-8-17(9-11-20)22-14-23(26-16-25-22)28-12-4-5-18(15-28)24(29)27-19-6-3-7-21(13-19)31-2/h3,6-11,13-14,16,18H,4-5,12,15H2,1-2H3,(H,27,29). The third-order valence-corrected chi connectivity index (χ3v) is 5.49. The van der Waals surface area contributed by atoms with E-state index in [1.165, 1.54) is 0 Å². The average Bonchev–Trinajstić information content (AvgIpc) is 2.84. The predicted molar refractivity (Wildman–Crippen MR) is 121 cm³/mol. The van der Waals surface area contributed by atoms with Gasteiger partial charge in [-0.15, -0.1) is 0 Å². The van der Waals surface area contributed by atoms with E-state index in [9.17, 15) is 4.79 Å². The second-order valence-corrected chi connectivity index (χ2v) is 7.50. The van der Waals surface area contributed by atoms with Crippen molar-refractivity contribution in [3.05, 3.63) is 60.9 Å². The monoisotopic (exact) mass is 418 g/mol. The van der Waals surface area contributed by atoms with Crippen LogP contribution < -0.4 is 19.7 Å². The van der Waals surface area contributed by atoms with Crippen LogP contribution in [0.4, 0.5) is 11.5 Å². The average molecular weight is 418 g/mol. The zero-order valence-corrected chi connectivity index (χ0v) is 17.7. The summed E-state index contributed by atoms with van der Waals surface area (Å²) in [6, 6.07) is 17.2. The summed E-state index contributed by atoms with van der Waals surface area (Å²) in [5, 5.41) is 3.02. The van der Waals surface area contributed by atoms with E-state index in [0.29, 0.717) is 6.54 Å². The molecular weight excluding hydrogens is 392 g/mol. The Hall–Kier alpha value is -3.61. The lowest BCUT2D eigenvalue weighted by Gasteiger charge is -2.33. The van der Waals surface area contributed by atoms with E-state index in [1.807, 2.05) is 54.6 Å². The number of rotatable bonds is 6. The van der Waals surface area contributed by atoms with Gasteiger partial charge in [-0.2, -0.15) is 0 Å². The number of amides is 1. The highest BCUT2D eigenvalue weighted by atomic mass is 16.5. The molecule has 1 amide bonds. The number of benzene rings is 2. The topological polar surface area (TPSA) is 76.6 Å². The molecular formula is C24H26N4O3. The Morgan fingerprint density at radius 1 is 1.03 bits per heavy atom. The molecule has 0 spiro atoms. The van der Waals surface area contributed by atoms with Crippen molar-refractivity contribution in [3.63, 3.8) is 0 Å². The van der Waals surface area contributed by atoms with Crippen LogP contribution in [-0.2, 0) is 4.79 Å². The molecule has 1 fully saturated rings. The number of aromatic nitrogens is 2. The molecule has 3 aromatic rings. The van der Waals surface area contributed by atoms with Crippen molar-refractivity contribution < 1.29 is 14.3 Å². The highest BCUT2D eigenvalue weighted by Gasteiger charge is 2.27. The Morgan fingerprint density at radius 2 is 1.84 bits per heavy atom. The van der Waals surface area contributed by atoms with Gasteiger partial charge >= 0.3 is 0 Å². The number of nitrogens with one attached hydrogen (secondary N) is 1. The molecule has 0 bridgehead atoms. The fourth-order valence-corrected chi connectivity index (χ4v) is 3.78. The van der Waals surface area contributed by atoms with Crippen LogP contribution in [0.15, 0.2) is 60.9 Å². The van der Waals surface area contributed by atoms with E-state index >= 15 is 0 Å². The molecule has 7 nitrogen and oxygen atoms in total. The van der Waals surface area contributed by atoms with E-state index in [2.05, 4.69) is 20.2 Å². The highest BCUT2D eigenvalue weighted by molar-refractivity contribution is 5.93.